The fraction of sp³-hybridized carbons (Fsp3) is 0.0909. The topological polar surface area (TPSA) is 49.4 Å². The number of hydrogen-bond acceptors (Lipinski definition) is 4. The van der Waals surface area contributed by atoms with Gasteiger partial charge < -0.3 is 5.32 Å². The van der Waals surface area contributed by atoms with Gasteiger partial charge in [-0.2, -0.15) is 0 Å². The second-order valence-corrected chi connectivity index (χ2v) is 7.39. The predicted octanol–water partition coefficient (Wildman–Crippen LogP) is 4.99. The third-order valence-corrected chi connectivity index (χ3v) is 5.52. The number of carbonyl (C=O) groups is 2. The largest absolute Gasteiger partial charge is 0.350 e. The Kier molecular flexibility index (Phi) is 4.98. The van der Waals surface area contributed by atoms with E-state index in [1.807, 2.05) is 19.1 Å². The van der Waals surface area contributed by atoms with Gasteiger partial charge in [-0.25, -0.2) is 13.7 Å². The van der Waals surface area contributed by atoms with Gasteiger partial charge in [0.2, 0.25) is 0 Å². The van der Waals surface area contributed by atoms with Crippen molar-refractivity contribution in [1.29, 1.82) is 0 Å². The van der Waals surface area contributed by atoms with Crippen LogP contribution in [0.3, 0.4) is 0 Å². The molecule has 1 aromatic heterocycles. The maximum atomic E-state index is 14.3. The van der Waals surface area contributed by atoms with Crippen molar-refractivity contribution in [1.82, 2.24) is 0 Å². The van der Waals surface area contributed by atoms with Gasteiger partial charge in [0.1, 0.15) is 17.3 Å². The molecule has 0 aliphatic carbocycles. The molecule has 146 valence electrons. The van der Waals surface area contributed by atoms with Crippen LogP contribution < -0.4 is 10.2 Å². The highest BCUT2D eigenvalue weighted by molar-refractivity contribution is 7.11. The molecule has 0 saturated carbocycles. The molecule has 0 atom stereocenters. The van der Waals surface area contributed by atoms with Crippen molar-refractivity contribution >= 4 is 40.1 Å². The summed E-state index contributed by atoms with van der Waals surface area (Å²) in [5.41, 5.74) is 1.50. The van der Waals surface area contributed by atoms with Crippen molar-refractivity contribution in [3.8, 4) is 0 Å². The Bertz CT molecular complexity index is 1120. The van der Waals surface area contributed by atoms with E-state index in [1.54, 1.807) is 29.6 Å². The molecule has 0 radical (unpaired) electrons. The van der Waals surface area contributed by atoms with E-state index in [2.05, 4.69) is 5.32 Å². The summed E-state index contributed by atoms with van der Waals surface area (Å²) in [6.07, 6.45) is 0.869. The molecular weight excluding hydrogens is 394 g/mol. The Labute approximate surface area is 170 Å². The Hall–Kier alpha value is -3.32. The molecule has 0 bridgehead atoms. The summed E-state index contributed by atoms with van der Waals surface area (Å²) in [7, 11) is 0. The molecule has 1 N–H and O–H groups in total. The van der Waals surface area contributed by atoms with E-state index in [-0.39, 0.29) is 11.3 Å². The van der Waals surface area contributed by atoms with Crippen LogP contribution in [-0.2, 0) is 16.0 Å². The lowest BCUT2D eigenvalue weighted by Gasteiger charge is -2.16. The van der Waals surface area contributed by atoms with E-state index in [4.69, 9.17) is 0 Å². The Morgan fingerprint density at radius 3 is 2.41 bits per heavy atom. The number of rotatable bonds is 5. The molecule has 0 fully saturated rings. The number of carbonyl (C=O) groups excluding carboxylic acids is 2. The van der Waals surface area contributed by atoms with E-state index in [9.17, 15) is 18.4 Å². The minimum Gasteiger partial charge on any atom is -0.350 e. The highest BCUT2D eigenvalue weighted by Gasteiger charge is 2.41. The summed E-state index contributed by atoms with van der Waals surface area (Å²) in [6, 6.07) is 13.6. The number of halogens is 2. The number of thiophene rings is 1. The molecule has 29 heavy (non-hydrogen) atoms. The van der Waals surface area contributed by atoms with Gasteiger partial charge in [-0.3, -0.25) is 9.59 Å². The molecule has 0 spiro atoms. The van der Waals surface area contributed by atoms with E-state index in [1.165, 1.54) is 11.3 Å². The van der Waals surface area contributed by atoms with Gasteiger partial charge in [0.25, 0.3) is 11.8 Å². The lowest BCUT2D eigenvalue weighted by molar-refractivity contribution is -0.120. The molecule has 4 nitrogen and oxygen atoms in total. The summed E-state index contributed by atoms with van der Waals surface area (Å²) >= 11 is 1.29. The molecule has 0 unspecified atom stereocenters. The van der Waals surface area contributed by atoms with Crippen LogP contribution in [-0.4, -0.2) is 11.8 Å². The summed E-state index contributed by atoms with van der Waals surface area (Å²) < 4.78 is 28.0. The zero-order chi connectivity index (χ0) is 20.5. The molecule has 3 aromatic rings. The number of nitrogens with one attached hydrogen (secondary N) is 1. The summed E-state index contributed by atoms with van der Waals surface area (Å²) in [5.74, 6) is -3.03. The third-order valence-electron chi connectivity index (χ3n) is 4.63. The quantitative estimate of drug-likeness (QED) is 0.603. The predicted molar refractivity (Wildman–Crippen MR) is 110 cm³/mol. The number of aryl methyl sites for hydroxylation is 1. The lowest BCUT2D eigenvalue weighted by atomic mass is 10.1. The first kappa shape index (κ1) is 19.0. The van der Waals surface area contributed by atoms with Gasteiger partial charge in [0, 0.05) is 16.6 Å². The zero-order valence-corrected chi connectivity index (χ0v) is 16.2. The monoisotopic (exact) mass is 410 g/mol. The Morgan fingerprint density at radius 2 is 1.76 bits per heavy atom. The Morgan fingerprint density at radius 1 is 1.00 bits per heavy atom. The maximum Gasteiger partial charge on any atom is 0.282 e. The first-order valence-electron chi connectivity index (χ1n) is 8.97. The molecule has 1 aliphatic rings. The standard InChI is InChI=1S/C22H16F2N2O2S/c1-2-13-5-8-15(9-6-13)25-20-19(18-4-3-11-29-18)21(27)26(22(20)28)17-12-14(23)7-10-16(17)24/h3-12,25H,2H2,1H3. The molecule has 4 rings (SSSR count). The Balaban J connectivity index is 1.79. The van der Waals surface area contributed by atoms with Crippen LogP contribution in [0.1, 0.15) is 17.4 Å². The number of benzene rings is 2. The number of anilines is 2. The van der Waals surface area contributed by atoms with Crippen LogP contribution >= 0.6 is 11.3 Å². The van der Waals surface area contributed by atoms with Crippen LogP contribution in [0, 0.1) is 11.6 Å². The van der Waals surface area contributed by atoms with Crippen LogP contribution in [0.25, 0.3) is 5.57 Å². The first-order valence-corrected chi connectivity index (χ1v) is 9.85. The third kappa shape index (κ3) is 3.45. The second kappa shape index (κ2) is 7.60. The van der Waals surface area contributed by atoms with Crippen LogP contribution in [0.15, 0.2) is 65.7 Å². The molecule has 2 aromatic carbocycles. The molecular formula is C22H16F2N2O2S. The van der Waals surface area contributed by atoms with E-state index >= 15 is 0 Å². The molecule has 1 aliphatic heterocycles. The van der Waals surface area contributed by atoms with Gasteiger partial charge in [0.15, 0.2) is 0 Å². The molecule has 7 heteroatoms. The smallest absolute Gasteiger partial charge is 0.282 e. The van der Waals surface area contributed by atoms with Gasteiger partial charge in [0.05, 0.1) is 11.3 Å². The second-order valence-electron chi connectivity index (χ2n) is 6.44. The highest BCUT2D eigenvalue weighted by atomic mass is 32.1. The minimum absolute atomic E-state index is 0.0327. The van der Waals surface area contributed by atoms with Crippen LogP contribution in [0.5, 0.6) is 0 Å². The first-order chi connectivity index (χ1) is 14.0. The molecule has 2 heterocycles. The van der Waals surface area contributed by atoms with Gasteiger partial charge in [-0.05, 0) is 47.7 Å². The van der Waals surface area contributed by atoms with Crippen molar-refractivity contribution in [3.63, 3.8) is 0 Å². The van der Waals surface area contributed by atoms with Crippen LogP contribution in [0.4, 0.5) is 20.2 Å². The normalized spacial score (nSPS) is 14.1. The fourth-order valence-electron chi connectivity index (χ4n) is 3.14. The van der Waals surface area contributed by atoms with Crippen molar-refractivity contribution in [2.45, 2.75) is 13.3 Å². The number of imide groups is 1. The van der Waals surface area contributed by atoms with E-state index < -0.39 is 29.1 Å². The van der Waals surface area contributed by atoms with Crippen molar-refractivity contribution in [2.24, 2.45) is 0 Å². The van der Waals surface area contributed by atoms with Gasteiger partial charge in [-0.15, -0.1) is 11.3 Å². The average molecular weight is 410 g/mol. The van der Waals surface area contributed by atoms with Gasteiger partial charge >= 0.3 is 0 Å². The maximum absolute atomic E-state index is 14.3. The molecule has 2 amide bonds. The fourth-order valence-corrected chi connectivity index (χ4v) is 3.91. The average Bonchev–Trinajstić information content (AvgIpc) is 3.32. The van der Waals surface area contributed by atoms with Crippen molar-refractivity contribution in [2.75, 3.05) is 10.2 Å². The highest BCUT2D eigenvalue weighted by Crippen LogP contribution is 2.36. The number of hydrogen-bond donors (Lipinski definition) is 1. The number of nitrogens with zero attached hydrogens (tertiary/aromatic N) is 1. The summed E-state index contributed by atoms with van der Waals surface area (Å²) in [4.78, 5) is 27.5. The summed E-state index contributed by atoms with van der Waals surface area (Å²) in [6.45, 7) is 2.03. The SMILES string of the molecule is CCc1ccc(NC2=C(c3cccs3)C(=O)N(c3cc(F)ccc3F)C2=O)cc1. The molecule has 0 saturated heterocycles. The van der Waals surface area contributed by atoms with Crippen LogP contribution in [0.2, 0.25) is 0 Å². The minimum atomic E-state index is -0.854. The lowest BCUT2D eigenvalue weighted by Crippen LogP contribution is -2.33. The van der Waals surface area contributed by atoms with E-state index in [0.29, 0.717) is 15.5 Å². The van der Waals surface area contributed by atoms with Gasteiger partial charge in [-0.1, -0.05) is 25.1 Å². The van der Waals surface area contributed by atoms with Crippen molar-refractivity contribution in [3.05, 3.63) is 87.7 Å². The van der Waals surface area contributed by atoms with E-state index in [0.717, 1.165) is 30.2 Å². The van der Waals surface area contributed by atoms with Crippen molar-refractivity contribution < 1.29 is 18.4 Å². The number of amides is 2. The summed E-state index contributed by atoms with van der Waals surface area (Å²) in [5, 5.41) is 4.78. The zero-order valence-electron chi connectivity index (χ0n) is 15.4.